The monoisotopic (exact) mass is 545 g/mol. The number of carbonyl (C=O) groups is 1. The van der Waals surface area contributed by atoms with Crippen molar-refractivity contribution in [3.8, 4) is 17.2 Å². The quantitative estimate of drug-likeness (QED) is 0.236. The number of fused-ring (bicyclic) bond motifs is 2. The van der Waals surface area contributed by atoms with E-state index >= 15 is 0 Å². The molecule has 4 aromatic rings. The summed E-state index contributed by atoms with van der Waals surface area (Å²) in [5, 5.41) is 0.795. The first kappa shape index (κ1) is 26.4. The van der Waals surface area contributed by atoms with Crippen molar-refractivity contribution < 1.29 is 23.4 Å². The number of nitrogens with zero attached hydrogens (tertiary/aromatic N) is 1. The highest BCUT2D eigenvalue weighted by Crippen LogP contribution is 2.40. The highest BCUT2D eigenvalue weighted by Gasteiger charge is 2.42. The van der Waals surface area contributed by atoms with Crippen molar-refractivity contribution in [2.45, 2.75) is 19.4 Å². The van der Waals surface area contributed by atoms with Crippen LogP contribution in [-0.2, 0) is 6.42 Å². The summed E-state index contributed by atoms with van der Waals surface area (Å²) >= 11 is 6.35. The van der Waals surface area contributed by atoms with E-state index < -0.39 is 6.04 Å². The highest BCUT2D eigenvalue weighted by atomic mass is 35.5. The lowest BCUT2D eigenvalue weighted by atomic mass is 9.97. The zero-order chi connectivity index (χ0) is 27.7. The predicted molar refractivity (Wildman–Crippen MR) is 150 cm³/mol. The Morgan fingerprint density at radius 3 is 2.59 bits per heavy atom. The van der Waals surface area contributed by atoms with Crippen LogP contribution in [0.15, 0.2) is 76.5 Å². The second-order valence-electron chi connectivity index (χ2n) is 9.28. The third-order valence-electron chi connectivity index (χ3n) is 6.88. The summed E-state index contributed by atoms with van der Waals surface area (Å²) in [5.74, 6) is 1.53. The highest BCUT2D eigenvalue weighted by molar-refractivity contribution is 6.32. The van der Waals surface area contributed by atoms with Crippen molar-refractivity contribution in [1.29, 1.82) is 0 Å². The minimum Gasteiger partial charge on any atom is -0.493 e. The van der Waals surface area contributed by atoms with Crippen LogP contribution in [0.4, 0.5) is 0 Å². The standard InChI is InChI=1S/C31H28ClNO6/c1-5-13-38-21-8-6-7-20(16-21)28-27-29(34)22-17-23(32)18(2)14-25(22)39-30(27)31(35)33(28)12-11-19-9-10-24(36-3)26(15-19)37-4/h5-10,14-17,28H,1,11-13H2,2-4H3. The zero-order valence-electron chi connectivity index (χ0n) is 22.0. The lowest BCUT2D eigenvalue weighted by molar-refractivity contribution is 0.0730. The van der Waals surface area contributed by atoms with E-state index in [0.29, 0.717) is 58.4 Å². The molecule has 0 saturated carbocycles. The molecule has 8 heteroatoms. The average molecular weight is 546 g/mol. The molecule has 39 heavy (non-hydrogen) atoms. The molecule has 1 amide bonds. The molecule has 1 aliphatic heterocycles. The van der Waals surface area contributed by atoms with E-state index in [9.17, 15) is 9.59 Å². The summed E-state index contributed by atoms with van der Waals surface area (Å²) in [5.41, 5.74) is 2.79. The third kappa shape index (κ3) is 4.86. The molecule has 0 spiro atoms. The zero-order valence-corrected chi connectivity index (χ0v) is 22.7. The first-order chi connectivity index (χ1) is 18.9. The Morgan fingerprint density at radius 2 is 1.85 bits per heavy atom. The molecule has 0 fully saturated rings. The SMILES string of the molecule is C=CCOc1cccc(C2c3c(oc4cc(C)c(Cl)cc4c3=O)C(=O)N2CCc2ccc(OC)c(OC)c2)c1. The fraction of sp³-hybridized carbons (Fsp3) is 0.226. The van der Waals surface area contributed by atoms with Gasteiger partial charge < -0.3 is 23.5 Å². The average Bonchev–Trinajstić information content (AvgIpc) is 3.23. The van der Waals surface area contributed by atoms with Crippen LogP contribution in [0.25, 0.3) is 11.0 Å². The number of halogens is 1. The first-order valence-corrected chi connectivity index (χ1v) is 12.9. The number of hydrogen-bond acceptors (Lipinski definition) is 6. The normalized spacial score (nSPS) is 14.4. The number of hydrogen-bond donors (Lipinski definition) is 0. The van der Waals surface area contributed by atoms with E-state index in [2.05, 4.69) is 6.58 Å². The largest absolute Gasteiger partial charge is 0.493 e. The fourth-order valence-corrected chi connectivity index (χ4v) is 5.10. The summed E-state index contributed by atoms with van der Waals surface area (Å²) in [6, 6.07) is 15.7. The van der Waals surface area contributed by atoms with E-state index in [1.54, 1.807) is 37.3 Å². The lowest BCUT2D eigenvalue weighted by Crippen LogP contribution is -2.31. The number of amides is 1. The Labute approximate surface area is 231 Å². The summed E-state index contributed by atoms with van der Waals surface area (Å²) < 4.78 is 22.6. The van der Waals surface area contributed by atoms with Crippen LogP contribution in [0.1, 0.15) is 38.9 Å². The van der Waals surface area contributed by atoms with Crippen LogP contribution in [0.5, 0.6) is 17.2 Å². The van der Waals surface area contributed by atoms with E-state index in [-0.39, 0.29) is 17.1 Å². The number of ether oxygens (including phenoxy) is 3. The Bertz CT molecular complexity index is 1640. The molecule has 0 saturated heterocycles. The van der Waals surface area contributed by atoms with Gasteiger partial charge in [0, 0.05) is 11.6 Å². The van der Waals surface area contributed by atoms with Gasteiger partial charge >= 0.3 is 0 Å². The van der Waals surface area contributed by atoms with E-state index in [1.165, 1.54) is 0 Å². The molecule has 0 N–H and O–H groups in total. The summed E-state index contributed by atoms with van der Waals surface area (Å²) in [6.07, 6.45) is 2.17. The van der Waals surface area contributed by atoms with Crippen molar-refractivity contribution in [3.05, 3.63) is 111 Å². The molecule has 3 aromatic carbocycles. The van der Waals surface area contributed by atoms with Gasteiger partial charge in [-0.1, -0.05) is 42.5 Å². The number of methoxy groups -OCH3 is 2. The molecule has 1 atom stereocenters. The number of aryl methyl sites for hydroxylation is 1. The smallest absolute Gasteiger partial charge is 0.290 e. The van der Waals surface area contributed by atoms with E-state index in [0.717, 1.165) is 16.7 Å². The second-order valence-corrected chi connectivity index (χ2v) is 9.69. The third-order valence-corrected chi connectivity index (χ3v) is 7.29. The molecule has 0 bridgehead atoms. The minimum absolute atomic E-state index is 0.0453. The van der Waals surface area contributed by atoms with Crippen LogP contribution in [0.2, 0.25) is 5.02 Å². The van der Waals surface area contributed by atoms with Gasteiger partial charge in [0.05, 0.1) is 31.2 Å². The van der Waals surface area contributed by atoms with Crippen molar-refractivity contribution in [2.24, 2.45) is 0 Å². The van der Waals surface area contributed by atoms with Gasteiger partial charge in [-0.15, -0.1) is 0 Å². The van der Waals surface area contributed by atoms with Gasteiger partial charge in [0.2, 0.25) is 5.76 Å². The maximum atomic E-state index is 13.9. The van der Waals surface area contributed by atoms with Crippen molar-refractivity contribution in [1.82, 2.24) is 4.90 Å². The van der Waals surface area contributed by atoms with Crippen molar-refractivity contribution >= 4 is 28.5 Å². The maximum absolute atomic E-state index is 13.9. The van der Waals surface area contributed by atoms with E-state index in [1.807, 2.05) is 49.4 Å². The number of carbonyl (C=O) groups excluding carboxylic acids is 1. The molecule has 1 aliphatic rings. The number of benzene rings is 3. The van der Waals surface area contributed by atoms with Crippen LogP contribution in [-0.4, -0.2) is 38.2 Å². The lowest BCUT2D eigenvalue weighted by Gasteiger charge is -2.25. The summed E-state index contributed by atoms with van der Waals surface area (Å²) in [6.45, 7) is 6.18. The van der Waals surface area contributed by atoms with Crippen LogP contribution < -0.4 is 19.6 Å². The second kappa shape index (κ2) is 10.9. The Balaban J connectivity index is 1.61. The van der Waals surface area contributed by atoms with Gasteiger partial charge in [0.15, 0.2) is 16.9 Å². The molecule has 2 heterocycles. The molecular formula is C31H28ClNO6. The Kier molecular flexibility index (Phi) is 7.35. The first-order valence-electron chi connectivity index (χ1n) is 12.5. The summed E-state index contributed by atoms with van der Waals surface area (Å²) in [7, 11) is 3.16. The van der Waals surface area contributed by atoms with Gasteiger partial charge in [-0.2, -0.15) is 0 Å². The van der Waals surface area contributed by atoms with Gasteiger partial charge in [0.25, 0.3) is 5.91 Å². The molecule has 5 rings (SSSR count). The van der Waals surface area contributed by atoms with E-state index in [4.69, 9.17) is 30.2 Å². The molecule has 7 nitrogen and oxygen atoms in total. The van der Waals surface area contributed by atoms with Gasteiger partial charge in [-0.3, -0.25) is 9.59 Å². The topological polar surface area (TPSA) is 78.2 Å². The van der Waals surface area contributed by atoms with Crippen LogP contribution >= 0.6 is 11.6 Å². The van der Waals surface area contributed by atoms with Gasteiger partial charge in [0.1, 0.15) is 17.9 Å². The molecular weight excluding hydrogens is 518 g/mol. The molecule has 1 unspecified atom stereocenters. The summed E-state index contributed by atoms with van der Waals surface area (Å²) in [4.78, 5) is 29.4. The number of rotatable bonds is 9. The molecule has 0 radical (unpaired) electrons. The Morgan fingerprint density at radius 1 is 1.05 bits per heavy atom. The van der Waals surface area contributed by atoms with Crippen molar-refractivity contribution in [2.75, 3.05) is 27.4 Å². The van der Waals surface area contributed by atoms with Crippen molar-refractivity contribution in [3.63, 3.8) is 0 Å². The predicted octanol–water partition coefficient (Wildman–Crippen LogP) is 6.12. The Hall–Kier alpha value is -4.23. The molecule has 1 aromatic heterocycles. The van der Waals surface area contributed by atoms with Gasteiger partial charge in [-0.05, 0) is 66.4 Å². The molecule has 200 valence electrons. The molecule has 0 aliphatic carbocycles. The fourth-order valence-electron chi connectivity index (χ4n) is 4.93. The van der Waals surface area contributed by atoms with Crippen LogP contribution in [0.3, 0.4) is 0 Å². The minimum atomic E-state index is -0.666. The van der Waals surface area contributed by atoms with Crippen LogP contribution in [0, 0.1) is 6.92 Å². The maximum Gasteiger partial charge on any atom is 0.290 e. The van der Waals surface area contributed by atoms with Gasteiger partial charge in [-0.25, -0.2) is 0 Å².